The van der Waals surface area contributed by atoms with Gasteiger partial charge in [-0.15, -0.1) is 0 Å². The van der Waals surface area contributed by atoms with Crippen LogP contribution in [0.2, 0.25) is 12.6 Å². The van der Waals surface area contributed by atoms with Crippen LogP contribution in [-0.2, 0) is 4.79 Å². The van der Waals surface area contributed by atoms with Gasteiger partial charge in [0.2, 0.25) is 6.08 Å². The topological polar surface area (TPSA) is 69.9 Å². The maximum Gasteiger partial charge on any atom is 0.329 e. The quantitative estimate of drug-likeness (QED) is 0.259. The Morgan fingerprint density at radius 2 is 2.20 bits per heavy atom. The Bertz CT molecular complexity index is 136. The van der Waals surface area contributed by atoms with Crippen molar-refractivity contribution in [1.82, 2.24) is 0 Å². The molecule has 0 radical (unpaired) electrons. The Kier molecular flexibility index (Phi) is 4.14. The fourth-order valence-corrected chi connectivity index (χ4v) is 1.37. The zero-order chi connectivity index (χ0) is 8.04. The Hall–Kier alpha value is -0.483. The van der Waals surface area contributed by atoms with E-state index in [1.807, 2.05) is 0 Å². The third-order valence-electron chi connectivity index (χ3n) is 0.985. The van der Waals surface area contributed by atoms with Crippen LogP contribution in [0.4, 0.5) is 0 Å². The molecule has 0 spiro atoms. The van der Waals surface area contributed by atoms with E-state index in [4.69, 9.17) is 9.59 Å². The molecule has 0 atom stereocenters. The highest BCUT2D eigenvalue weighted by Crippen LogP contribution is 2.03. The van der Waals surface area contributed by atoms with Crippen molar-refractivity contribution < 1.29 is 14.4 Å². The van der Waals surface area contributed by atoms with E-state index in [9.17, 15) is 4.79 Å². The number of hydrogen-bond acceptors (Lipinski definition) is 4. The summed E-state index contributed by atoms with van der Waals surface area (Å²) >= 11 is 0. The minimum atomic E-state index is -2.90. The Morgan fingerprint density at radius 1 is 1.60 bits per heavy atom. The van der Waals surface area contributed by atoms with Crippen LogP contribution in [0.15, 0.2) is 4.99 Å². The summed E-state index contributed by atoms with van der Waals surface area (Å²) in [7, 11) is -2.90. The fourth-order valence-electron chi connectivity index (χ4n) is 0.539. The van der Waals surface area contributed by atoms with Crippen molar-refractivity contribution in [3.63, 3.8) is 0 Å². The van der Waals surface area contributed by atoms with Crippen molar-refractivity contribution in [2.45, 2.75) is 19.0 Å². The Labute approximate surface area is 60.5 Å². The summed E-state index contributed by atoms with van der Waals surface area (Å²) in [6.45, 7) is 1.77. The fraction of sp³-hybridized carbons (Fsp3) is 0.800. The van der Waals surface area contributed by atoms with Crippen LogP contribution in [0.25, 0.3) is 0 Å². The highest BCUT2D eigenvalue weighted by atomic mass is 28.4. The maximum absolute atomic E-state index is 9.52. The molecule has 0 rings (SSSR count). The minimum absolute atomic E-state index is 0.340. The number of hydrogen-bond donors (Lipinski definition) is 2. The van der Waals surface area contributed by atoms with Crippen LogP contribution in [0.5, 0.6) is 0 Å². The molecule has 0 amide bonds. The van der Waals surface area contributed by atoms with Crippen molar-refractivity contribution in [2.24, 2.45) is 4.99 Å². The molecule has 0 heterocycles. The minimum Gasteiger partial charge on any atom is -0.411 e. The first kappa shape index (κ1) is 9.52. The van der Waals surface area contributed by atoms with Crippen molar-refractivity contribution in [2.75, 3.05) is 6.54 Å². The molecule has 0 unspecified atom stereocenters. The molecule has 0 aliphatic heterocycles. The number of nitrogens with zero attached hydrogens (tertiary/aromatic N) is 1. The number of carbonyl (C=O) groups excluding carboxylic acids is 1. The standard InChI is InChI=1S/C5H11NO3Si/c1-10(8,9)4-2-3-6-5-7/h8-9H,2-4H2,1H3. The second kappa shape index (κ2) is 4.35. The van der Waals surface area contributed by atoms with Gasteiger partial charge in [-0.3, -0.25) is 0 Å². The normalized spacial score (nSPS) is 10.7. The first-order valence-corrected chi connectivity index (χ1v) is 5.65. The van der Waals surface area contributed by atoms with Gasteiger partial charge in [-0.25, -0.2) is 9.79 Å². The van der Waals surface area contributed by atoms with Gasteiger partial charge in [-0.05, 0) is 19.0 Å². The molecule has 58 valence electrons. The molecule has 5 heteroatoms. The van der Waals surface area contributed by atoms with Crippen LogP contribution in [0.1, 0.15) is 6.42 Å². The van der Waals surface area contributed by atoms with Gasteiger partial charge < -0.3 is 9.59 Å². The maximum atomic E-state index is 9.52. The van der Waals surface area contributed by atoms with E-state index in [0.717, 1.165) is 0 Å². The number of isocyanates is 1. The first-order valence-electron chi connectivity index (χ1n) is 3.04. The van der Waals surface area contributed by atoms with Crippen molar-refractivity contribution in [3.05, 3.63) is 0 Å². The van der Waals surface area contributed by atoms with Crippen molar-refractivity contribution in [1.29, 1.82) is 0 Å². The van der Waals surface area contributed by atoms with Gasteiger partial charge in [-0.2, -0.15) is 0 Å². The highest BCUT2D eigenvalue weighted by Gasteiger charge is 2.19. The summed E-state index contributed by atoms with van der Waals surface area (Å²) in [5.41, 5.74) is 0. The second-order valence-corrected chi connectivity index (χ2v) is 5.23. The van der Waals surface area contributed by atoms with Gasteiger partial charge in [0.05, 0.1) is 6.54 Å². The van der Waals surface area contributed by atoms with Gasteiger partial charge in [0.15, 0.2) is 0 Å². The number of rotatable bonds is 4. The summed E-state index contributed by atoms with van der Waals surface area (Å²) in [6, 6.07) is 0.359. The van der Waals surface area contributed by atoms with E-state index in [1.54, 1.807) is 0 Å². The summed E-state index contributed by atoms with van der Waals surface area (Å²) in [5, 5.41) is 0. The van der Waals surface area contributed by atoms with Crippen LogP contribution in [-0.4, -0.2) is 30.8 Å². The zero-order valence-electron chi connectivity index (χ0n) is 5.87. The molecule has 4 nitrogen and oxygen atoms in total. The first-order chi connectivity index (χ1) is 4.56. The Balaban J connectivity index is 3.28. The van der Waals surface area contributed by atoms with Crippen LogP contribution < -0.4 is 0 Å². The van der Waals surface area contributed by atoms with Gasteiger partial charge in [-0.1, -0.05) is 0 Å². The smallest absolute Gasteiger partial charge is 0.329 e. The van der Waals surface area contributed by atoms with E-state index in [-0.39, 0.29) is 0 Å². The molecule has 0 aromatic carbocycles. The monoisotopic (exact) mass is 161 g/mol. The third-order valence-corrected chi connectivity index (χ3v) is 2.29. The molecule has 0 aliphatic carbocycles. The third kappa shape index (κ3) is 7.52. The summed E-state index contributed by atoms with van der Waals surface area (Å²) < 4.78 is 0. The highest BCUT2D eigenvalue weighted by molar-refractivity contribution is 6.63. The molecule has 2 N–H and O–H groups in total. The predicted octanol–water partition coefficient (Wildman–Crippen LogP) is -0.231. The molecular weight excluding hydrogens is 150 g/mol. The lowest BCUT2D eigenvalue weighted by Crippen LogP contribution is -2.29. The van der Waals surface area contributed by atoms with Crippen molar-refractivity contribution >= 4 is 14.6 Å². The van der Waals surface area contributed by atoms with E-state index >= 15 is 0 Å². The Morgan fingerprint density at radius 3 is 2.60 bits per heavy atom. The van der Waals surface area contributed by atoms with E-state index in [1.165, 1.54) is 12.6 Å². The summed E-state index contributed by atoms with van der Waals surface area (Å²) in [4.78, 5) is 30.5. The lowest BCUT2D eigenvalue weighted by atomic mass is 10.5. The summed E-state index contributed by atoms with van der Waals surface area (Å²) in [6.07, 6.45) is 1.93. The molecule has 0 saturated heterocycles. The molecule has 10 heavy (non-hydrogen) atoms. The zero-order valence-corrected chi connectivity index (χ0v) is 6.87. The molecule has 0 fully saturated rings. The van der Waals surface area contributed by atoms with Crippen LogP contribution in [0.3, 0.4) is 0 Å². The lowest BCUT2D eigenvalue weighted by Gasteiger charge is -2.08. The average Bonchev–Trinajstić information content (AvgIpc) is 1.78. The average molecular weight is 161 g/mol. The molecule has 0 bridgehead atoms. The molecule has 0 aliphatic rings. The van der Waals surface area contributed by atoms with E-state index in [0.29, 0.717) is 19.0 Å². The van der Waals surface area contributed by atoms with Gasteiger partial charge >= 0.3 is 8.56 Å². The molecule has 0 saturated carbocycles. The molecular formula is C5H11NO3Si. The predicted molar refractivity (Wildman–Crippen MR) is 38.5 cm³/mol. The number of aliphatic imine (C=N–C) groups is 1. The van der Waals surface area contributed by atoms with E-state index < -0.39 is 8.56 Å². The van der Waals surface area contributed by atoms with Crippen molar-refractivity contribution in [3.8, 4) is 0 Å². The van der Waals surface area contributed by atoms with Gasteiger partial charge in [0.25, 0.3) is 0 Å². The van der Waals surface area contributed by atoms with E-state index in [2.05, 4.69) is 4.99 Å². The molecule has 0 aromatic heterocycles. The molecule has 0 aromatic rings. The van der Waals surface area contributed by atoms with Gasteiger partial charge in [0.1, 0.15) is 0 Å². The lowest BCUT2D eigenvalue weighted by molar-refractivity contribution is 0.368. The second-order valence-electron chi connectivity index (χ2n) is 2.29. The largest absolute Gasteiger partial charge is 0.411 e. The summed E-state index contributed by atoms with van der Waals surface area (Å²) in [5.74, 6) is 0. The van der Waals surface area contributed by atoms with Gasteiger partial charge in [0, 0.05) is 0 Å². The SMILES string of the molecule is C[Si](O)(O)CCCN=C=O. The van der Waals surface area contributed by atoms with Crippen LogP contribution >= 0.6 is 0 Å². The van der Waals surface area contributed by atoms with Crippen LogP contribution in [0, 0.1) is 0 Å².